The maximum atomic E-state index is 11.5. The van der Waals surface area contributed by atoms with Gasteiger partial charge in [0.1, 0.15) is 0 Å². The Hall–Kier alpha value is -2.42. The summed E-state index contributed by atoms with van der Waals surface area (Å²) in [7, 11) is 0. The van der Waals surface area contributed by atoms with Gasteiger partial charge >= 0.3 is 6.09 Å². The number of nitrogens with zero attached hydrogens (tertiary/aromatic N) is 1. The first kappa shape index (κ1) is 16.6. The fraction of sp³-hybridized carbons (Fsp3) is 0.500. The van der Waals surface area contributed by atoms with Crippen LogP contribution in [0.4, 0.5) is 4.79 Å². The standard InChI is InChI=1S/C12H17N3O6/c16-9(3-6-15-10(17)1-2-11(15)18)13-4-7-21-8-5-14-12(19)20/h1-2,14H,3-8H2,(H,13,16)(H,19,20). The summed E-state index contributed by atoms with van der Waals surface area (Å²) >= 11 is 0. The predicted octanol–water partition coefficient (Wildman–Crippen LogP) is -1.30. The second-order valence-corrected chi connectivity index (χ2v) is 4.11. The Balaban J connectivity index is 2.00. The minimum absolute atomic E-state index is 0.0275. The quantitative estimate of drug-likeness (QED) is 0.359. The second kappa shape index (κ2) is 8.69. The van der Waals surface area contributed by atoms with Gasteiger partial charge in [0.25, 0.3) is 11.8 Å². The summed E-state index contributed by atoms with van der Waals surface area (Å²) in [5.41, 5.74) is 0. The number of amides is 4. The molecule has 0 spiro atoms. The Morgan fingerprint density at radius 3 is 2.24 bits per heavy atom. The molecule has 4 amide bonds. The van der Waals surface area contributed by atoms with Gasteiger partial charge in [-0.05, 0) is 0 Å². The van der Waals surface area contributed by atoms with E-state index in [0.717, 1.165) is 4.90 Å². The van der Waals surface area contributed by atoms with Gasteiger partial charge in [0.05, 0.1) is 13.2 Å². The van der Waals surface area contributed by atoms with E-state index in [1.54, 1.807) is 0 Å². The van der Waals surface area contributed by atoms with E-state index in [0.29, 0.717) is 0 Å². The Morgan fingerprint density at radius 2 is 1.67 bits per heavy atom. The largest absolute Gasteiger partial charge is 0.465 e. The molecule has 21 heavy (non-hydrogen) atoms. The van der Waals surface area contributed by atoms with Crippen LogP contribution >= 0.6 is 0 Å². The summed E-state index contributed by atoms with van der Waals surface area (Å²) in [6.45, 7) is 0.947. The minimum Gasteiger partial charge on any atom is -0.465 e. The number of hydrogen-bond donors (Lipinski definition) is 3. The molecule has 0 radical (unpaired) electrons. The van der Waals surface area contributed by atoms with Crippen molar-refractivity contribution >= 4 is 23.8 Å². The molecule has 1 aliphatic heterocycles. The topological polar surface area (TPSA) is 125 Å². The van der Waals surface area contributed by atoms with Gasteiger partial charge in [-0.3, -0.25) is 19.3 Å². The van der Waals surface area contributed by atoms with Crippen LogP contribution in [0, 0.1) is 0 Å². The third-order valence-corrected chi connectivity index (χ3v) is 2.55. The highest BCUT2D eigenvalue weighted by Gasteiger charge is 2.23. The van der Waals surface area contributed by atoms with E-state index in [-0.39, 0.29) is 45.2 Å². The molecular formula is C12H17N3O6. The van der Waals surface area contributed by atoms with Crippen molar-refractivity contribution in [1.29, 1.82) is 0 Å². The van der Waals surface area contributed by atoms with Crippen molar-refractivity contribution < 1.29 is 29.0 Å². The van der Waals surface area contributed by atoms with E-state index in [2.05, 4.69) is 10.6 Å². The normalized spacial score (nSPS) is 13.6. The number of carboxylic acid groups (broad SMARTS) is 1. The molecule has 9 nitrogen and oxygen atoms in total. The lowest BCUT2D eigenvalue weighted by Crippen LogP contribution is -2.35. The highest BCUT2D eigenvalue weighted by molar-refractivity contribution is 6.13. The first-order chi connectivity index (χ1) is 10.0. The summed E-state index contributed by atoms with van der Waals surface area (Å²) < 4.78 is 5.08. The number of carbonyl (C=O) groups is 4. The number of nitrogens with one attached hydrogen (secondary N) is 2. The SMILES string of the molecule is O=C(O)NCCOCCNC(=O)CCN1C(=O)C=CC1=O. The number of rotatable bonds is 9. The summed E-state index contributed by atoms with van der Waals surface area (Å²) in [4.78, 5) is 45.0. The molecule has 0 unspecified atom stereocenters. The molecule has 9 heteroatoms. The molecule has 1 heterocycles. The zero-order valence-corrected chi connectivity index (χ0v) is 11.3. The zero-order valence-electron chi connectivity index (χ0n) is 11.3. The first-order valence-electron chi connectivity index (χ1n) is 6.35. The van der Waals surface area contributed by atoms with Crippen LogP contribution in [0.15, 0.2) is 12.2 Å². The van der Waals surface area contributed by atoms with Crippen molar-refractivity contribution in [2.75, 3.05) is 32.8 Å². The summed E-state index contributed by atoms with van der Waals surface area (Å²) in [5.74, 6) is -1.13. The summed E-state index contributed by atoms with van der Waals surface area (Å²) in [6, 6.07) is 0. The summed E-state index contributed by atoms with van der Waals surface area (Å²) in [6.07, 6.45) is 1.24. The second-order valence-electron chi connectivity index (χ2n) is 4.11. The smallest absolute Gasteiger partial charge is 0.404 e. The fourth-order valence-corrected chi connectivity index (χ4v) is 1.55. The van der Waals surface area contributed by atoms with Crippen molar-refractivity contribution in [3.05, 3.63) is 12.2 Å². The molecule has 1 aliphatic rings. The summed E-state index contributed by atoms with van der Waals surface area (Å²) in [5, 5.41) is 13.0. The van der Waals surface area contributed by atoms with E-state index in [9.17, 15) is 19.2 Å². The van der Waals surface area contributed by atoms with Gasteiger partial charge in [-0.15, -0.1) is 0 Å². The van der Waals surface area contributed by atoms with Crippen LogP contribution in [0.2, 0.25) is 0 Å². The van der Waals surface area contributed by atoms with Crippen LogP contribution < -0.4 is 10.6 Å². The Labute approximate surface area is 120 Å². The molecule has 116 valence electrons. The highest BCUT2D eigenvalue weighted by atomic mass is 16.5. The molecule has 0 atom stereocenters. The Kier molecular flexibility index (Phi) is 6.88. The van der Waals surface area contributed by atoms with Crippen molar-refractivity contribution in [1.82, 2.24) is 15.5 Å². The molecule has 0 aromatic heterocycles. The predicted molar refractivity (Wildman–Crippen MR) is 70.3 cm³/mol. The molecular weight excluding hydrogens is 282 g/mol. The average molecular weight is 299 g/mol. The number of imide groups is 1. The van der Waals surface area contributed by atoms with Crippen LogP contribution in [-0.4, -0.2) is 66.7 Å². The molecule has 0 fully saturated rings. The van der Waals surface area contributed by atoms with Gasteiger partial charge in [-0.2, -0.15) is 0 Å². The van der Waals surface area contributed by atoms with Gasteiger partial charge in [-0.1, -0.05) is 0 Å². The lowest BCUT2D eigenvalue weighted by Gasteiger charge is -2.13. The molecule has 1 rings (SSSR count). The van der Waals surface area contributed by atoms with E-state index >= 15 is 0 Å². The van der Waals surface area contributed by atoms with Crippen molar-refractivity contribution in [3.63, 3.8) is 0 Å². The fourth-order valence-electron chi connectivity index (χ4n) is 1.55. The van der Waals surface area contributed by atoms with E-state index in [1.165, 1.54) is 12.2 Å². The number of carbonyl (C=O) groups excluding carboxylic acids is 3. The molecule has 0 aromatic carbocycles. The van der Waals surface area contributed by atoms with Crippen LogP contribution in [0.5, 0.6) is 0 Å². The molecule has 0 bridgehead atoms. The Morgan fingerprint density at radius 1 is 1.10 bits per heavy atom. The lowest BCUT2D eigenvalue weighted by molar-refractivity contribution is -0.137. The maximum absolute atomic E-state index is 11.5. The number of ether oxygens (including phenoxy) is 1. The van der Waals surface area contributed by atoms with Gasteiger partial charge in [0, 0.05) is 38.2 Å². The minimum atomic E-state index is -1.12. The molecule has 0 saturated heterocycles. The van der Waals surface area contributed by atoms with Gasteiger partial charge in [0.2, 0.25) is 5.91 Å². The number of hydrogen-bond acceptors (Lipinski definition) is 5. The highest BCUT2D eigenvalue weighted by Crippen LogP contribution is 2.03. The van der Waals surface area contributed by atoms with Crippen LogP contribution in [-0.2, 0) is 19.1 Å². The lowest BCUT2D eigenvalue weighted by atomic mass is 10.3. The zero-order chi connectivity index (χ0) is 15.7. The van der Waals surface area contributed by atoms with Crippen LogP contribution in [0.3, 0.4) is 0 Å². The molecule has 0 saturated carbocycles. The first-order valence-corrected chi connectivity index (χ1v) is 6.35. The maximum Gasteiger partial charge on any atom is 0.404 e. The van der Waals surface area contributed by atoms with Crippen molar-refractivity contribution in [2.24, 2.45) is 0 Å². The molecule has 3 N–H and O–H groups in total. The van der Waals surface area contributed by atoms with Gasteiger partial charge in [-0.25, -0.2) is 4.79 Å². The van der Waals surface area contributed by atoms with E-state index in [4.69, 9.17) is 9.84 Å². The third kappa shape index (κ3) is 6.52. The Bertz CT molecular complexity index is 430. The van der Waals surface area contributed by atoms with Gasteiger partial charge in [0.15, 0.2) is 0 Å². The van der Waals surface area contributed by atoms with Crippen molar-refractivity contribution in [3.8, 4) is 0 Å². The molecule has 0 aliphatic carbocycles. The van der Waals surface area contributed by atoms with Crippen molar-refractivity contribution in [2.45, 2.75) is 6.42 Å². The van der Waals surface area contributed by atoms with Crippen LogP contribution in [0.1, 0.15) is 6.42 Å². The van der Waals surface area contributed by atoms with Gasteiger partial charge < -0.3 is 20.5 Å². The third-order valence-electron chi connectivity index (χ3n) is 2.55. The van der Waals surface area contributed by atoms with Crippen LogP contribution in [0.25, 0.3) is 0 Å². The van der Waals surface area contributed by atoms with E-state index < -0.39 is 17.9 Å². The average Bonchev–Trinajstić information content (AvgIpc) is 2.74. The monoisotopic (exact) mass is 299 g/mol. The molecule has 0 aromatic rings. The van der Waals surface area contributed by atoms with E-state index in [1.807, 2.05) is 0 Å².